The first-order valence-corrected chi connectivity index (χ1v) is 6.63. The standard InChI is InChI=1S/C13H21NOSi/c1-3-14(4-2)11-10-13(15-16)12-8-6-5-7-9-12/h5-11,13H,3-4H2,1-2,16H3. The van der Waals surface area contributed by atoms with Crippen LogP contribution in [0.5, 0.6) is 0 Å². The van der Waals surface area contributed by atoms with Gasteiger partial charge in [-0.1, -0.05) is 30.3 Å². The van der Waals surface area contributed by atoms with Crippen molar-refractivity contribution in [3.05, 3.63) is 48.2 Å². The molecule has 1 rings (SSSR count). The van der Waals surface area contributed by atoms with Crippen LogP contribution in [0.15, 0.2) is 42.6 Å². The molecule has 3 heteroatoms. The highest BCUT2D eigenvalue weighted by Crippen LogP contribution is 2.17. The molecule has 88 valence electrons. The molecule has 0 amide bonds. The number of rotatable bonds is 6. The second kappa shape index (κ2) is 7.25. The van der Waals surface area contributed by atoms with Gasteiger partial charge in [-0.15, -0.1) is 0 Å². The molecule has 1 unspecified atom stereocenters. The van der Waals surface area contributed by atoms with Gasteiger partial charge in [-0.25, -0.2) is 0 Å². The zero-order valence-corrected chi connectivity index (χ0v) is 12.4. The van der Waals surface area contributed by atoms with Crippen LogP contribution >= 0.6 is 0 Å². The Bertz CT molecular complexity index is 309. The summed E-state index contributed by atoms with van der Waals surface area (Å²) in [6, 6.07) is 10.3. The molecule has 0 radical (unpaired) electrons. The topological polar surface area (TPSA) is 12.5 Å². The fraction of sp³-hybridized carbons (Fsp3) is 0.385. The highest BCUT2D eigenvalue weighted by Gasteiger charge is 2.04. The largest absolute Gasteiger partial charge is 0.418 e. The van der Waals surface area contributed by atoms with Crippen molar-refractivity contribution in [3.8, 4) is 0 Å². The molecule has 0 aromatic heterocycles. The minimum Gasteiger partial charge on any atom is -0.418 e. The van der Waals surface area contributed by atoms with Gasteiger partial charge in [0.2, 0.25) is 0 Å². The average molecular weight is 235 g/mol. The Hall–Kier alpha value is -1.06. The van der Waals surface area contributed by atoms with Crippen molar-refractivity contribution in [3.63, 3.8) is 0 Å². The first-order chi connectivity index (χ1) is 7.81. The Morgan fingerprint density at radius 1 is 1.25 bits per heavy atom. The van der Waals surface area contributed by atoms with Crippen molar-refractivity contribution >= 4 is 10.5 Å². The first-order valence-electron chi connectivity index (χ1n) is 5.81. The van der Waals surface area contributed by atoms with Gasteiger partial charge in [-0.05, 0) is 31.7 Å². The number of benzene rings is 1. The van der Waals surface area contributed by atoms with Crippen LogP contribution in [0, 0.1) is 0 Å². The summed E-state index contributed by atoms with van der Waals surface area (Å²) in [6.07, 6.45) is 4.37. The lowest BCUT2D eigenvalue weighted by molar-refractivity contribution is 0.277. The summed E-state index contributed by atoms with van der Waals surface area (Å²) < 4.78 is 5.60. The van der Waals surface area contributed by atoms with Crippen molar-refractivity contribution in [1.29, 1.82) is 0 Å². The van der Waals surface area contributed by atoms with Crippen molar-refractivity contribution in [2.45, 2.75) is 20.0 Å². The van der Waals surface area contributed by atoms with Crippen LogP contribution in [0.1, 0.15) is 25.5 Å². The quantitative estimate of drug-likeness (QED) is 0.698. The highest BCUT2D eigenvalue weighted by atomic mass is 28.2. The highest BCUT2D eigenvalue weighted by molar-refractivity contribution is 5.98. The smallest absolute Gasteiger partial charge is 0.147 e. The van der Waals surface area contributed by atoms with Gasteiger partial charge in [0.1, 0.15) is 10.5 Å². The molecular formula is C13H21NOSi. The third-order valence-electron chi connectivity index (χ3n) is 2.67. The van der Waals surface area contributed by atoms with E-state index < -0.39 is 0 Å². The summed E-state index contributed by atoms with van der Waals surface area (Å²) in [5.41, 5.74) is 1.22. The summed E-state index contributed by atoms with van der Waals surface area (Å²) in [5, 5.41) is 0. The van der Waals surface area contributed by atoms with Crippen LogP contribution in [0.4, 0.5) is 0 Å². The van der Waals surface area contributed by atoms with Crippen LogP contribution in [0.2, 0.25) is 0 Å². The van der Waals surface area contributed by atoms with E-state index in [1.807, 2.05) is 18.2 Å². The van der Waals surface area contributed by atoms with Gasteiger partial charge in [-0.2, -0.15) is 0 Å². The number of hydrogen-bond acceptors (Lipinski definition) is 2. The molecule has 0 aliphatic rings. The van der Waals surface area contributed by atoms with Gasteiger partial charge >= 0.3 is 0 Å². The fourth-order valence-electron chi connectivity index (χ4n) is 1.60. The molecule has 0 bridgehead atoms. The summed E-state index contributed by atoms with van der Waals surface area (Å²) in [4.78, 5) is 2.26. The van der Waals surface area contributed by atoms with Crippen molar-refractivity contribution < 1.29 is 4.43 Å². The van der Waals surface area contributed by atoms with E-state index >= 15 is 0 Å². The van der Waals surface area contributed by atoms with E-state index in [0.29, 0.717) is 0 Å². The van der Waals surface area contributed by atoms with E-state index in [1.54, 1.807) is 0 Å². The Morgan fingerprint density at radius 3 is 2.38 bits per heavy atom. The molecule has 16 heavy (non-hydrogen) atoms. The van der Waals surface area contributed by atoms with Crippen molar-refractivity contribution in [2.24, 2.45) is 0 Å². The maximum Gasteiger partial charge on any atom is 0.147 e. The lowest BCUT2D eigenvalue weighted by Crippen LogP contribution is -2.15. The van der Waals surface area contributed by atoms with Crippen molar-refractivity contribution in [2.75, 3.05) is 13.1 Å². The first kappa shape index (κ1) is 13.0. The normalized spacial score (nSPS) is 13.1. The lowest BCUT2D eigenvalue weighted by atomic mass is 10.1. The average Bonchev–Trinajstić information content (AvgIpc) is 2.36. The molecule has 0 aliphatic heterocycles. The third kappa shape index (κ3) is 3.83. The van der Waals surface area contributed by atoms with Crippen molar-refractivity contribution in [1.82, 2.24) is 4.90 Å². The molecule has 0 spiro atoms. The van der Waals surface area contributed by atoms with Crippen LogP contribution < -0.4 is 0 Å². The zero-order chi connectivity index (χ0) is 11.8. The fourth-order valence-corrected chi connectivity index (χ4v) is 2.03. The van der Waals surface area contributed by atoms with E-state index in [-0.39, 0.29) is 6.10 Å². The molecule has 0 fully saturated rings. The molecule has 0 saturated carbocycles. The molecular weight excluding hydrogens is 214 g/mol. The minimum atomic E-state index is 0.105. The van der Waals surface area contributed by atoms with Crippen LogP contribution in [0.3, 0.4) is 0 Å². The van der Waals surface area contributed by atoms with Gasteiger partial charge in [0.25, 0.3) is 0 Å². The van der Waals surface area contributed by atoms with E-state index in [2.05, 4.69) is 43.2 Å². The second-order valence-corrected chi connectivity index (χ2v) is 4.10. The molecule has 0 aliphatic carbocycles. The second-order valence-electron chi connectivity index (χ2n) is 3.63. The van der Waals surface area contributed by atoms with E-state index in [9.17, 15) is 0 Å². The van der Waals surface area contributed by atoms with Crippen LogP contribution in [0.25, 0.3) is 0 Å². The molecule has 1 aromatic rings. The van der Waals surface area contributed by atoms with Gasteiger partial charge in [-0.3, -0.25) is 0 Å². The summed E-state index contributed by atoms with van der Waals surface area (Å²) in [6.45, 7) is 6.39. The van der Waals surface area contributed by atoms with Gasteiger partial charge in [0.15, 0.2) is 0 Å². The Morgan fingerprint density at radius 2 is 1.88 bits per heavy atom. The molecule has 0 heterocycles. The monoisotopic (exact) mass is 235 g/mol. The predicted octanol–water partition coefficient (Wildman–Crippen LogP) is 1.88. The molecule has 1 atom stereocenters. The summed E-state index contributed by atoms with van der Waals surface area (Å²) in [7, 11) is 0.750. The van der Waals surface area contributed by atoms with Crippen LogP contribution in [-0.2, 0) is 4.43 Å². The third-order valence-corrected chi connectivity index (χ3v) is 3.17. The van der Waals surface area contributed by atoms with Crippen LogP contribution in [-0.4, -0.2) is 28.5 Å². The Labute approximate surface area is 101 Å². The maximum atomic E-state index is 5.60. The molecule has 1 aromatic carbocycles. The van der Waals surface area contributed by atoms with Gasteiger partial charge in [0, 0.05) is 13.1 Å². The Balaban J connectivity index is 2.69. The number of hydrogen-bond donors (Lipinski definition) is 0. The molecule has 2 nitrogen and oxygen atoms in total. The number of nitrogens with zero attached hydrogens (tertiary/aromatic N) is 1. The SMILES string of the molecule is CCN(C=CC(O[SiH3])c1ccccc1)CC. The zero-order valence-electron chi connectivity index (χ0n) is 10.4. The van der Waals surface area contributed by atoms with E-state index in [4.69, 9.17) is 4.43 Å². The van der Waals surface area contributed by atoms with E-state index in [1.165, 1.54) is 5.56 Å². The molecule has 0 N–H and O–H groups in total. The Kier molecular flexibility index (Phi) is 5.89. The summed E-state index contributed by atoms with van der Waals surface area (Å²) in [5.74, 6) is 0. The molecule has 0 saturated heterocycles. The minimum absolute atomic E-state index is 0.105. The lowest BCUT2D eigenvalue weighted by Gasteiger charge is -2.17. The summed E-state index contributed by atoms with van der Waals surface area (Å²) >= 11 is 0. The van der Waals surface area contributed by atoms with E-state index in [0.717, 1.165) is 23.6 Å². The predicted molar refractivity (Wildman–Crippen MR) is 72.3 cm³/mol. The maximum absolute atomic E-state index is 5.60. The van der Waals surface area contributed by atoms with Gasteiger partial charge < -0.3 is 9.33 Å². The van der Waals surface area contributed by atoms with Gasteiger partial charge in [0.05, 0.1) is 6.10 Å².